The van der Waals surface area contributed by atoms with Crippen molar-refractivity contribution in [2.75, 3.05) is 13.1 Å². The average Bonchev–Trinajstić information content (AvgIpc) is 3.17. The highest BCUT2D eigenvalue weighted by molar-refractivity contribution is 6.07. The highest BCUT2D eigenvalue weighted by Crippen LogP contribution is 2.37. The van der Waals surface area contributed by atoms with Crippen molar-refractivity contribution in [3.8, 4) is 0 Å². The Balaban J connectivity index is 1.55. The molecule has 0 aliphatic carbocycles. The minimum atomic E-state index is 0.748. The number of H-pyrrole nitrogens is 1. The maximum Gasteiger partial charge on any atom is 0.0465 e. The minimum absolute atomic E-state index is 0.748. The van der Waals surface area contributed by atoms with Crippen LogP contribution in [0.5, 0.6) is 0 Å². The molecular weight excluding hydrogens is 268 g/mol. The van der Waals surface area contributed by atoms with Gasteiger partial charge in [-0.15, -0.1) is 0 Å². The van der Waals surface area contributed by atoms with E-state index in [0.29, 0.717) is 0 Å². The summed E-state index contributed by atoms with van der Waals surface area (Å²) in [7, 11) is 0. The Bertz CT molecular complexity index is 832. The number of nitrogens with one attached hydrogen (secondary N) is 1. The second-order valence-electron chi connectivity index (χ2n) is 7.03. The molecule has 3 aromatic rings. The Morgan fingerprint density at radius 3 is 2.82 bits per heavy atom. The van der Waals surface area contributed by atoms with Crippen LogP contribution in [0.2, 0.25) is 0 Å². The maximum atomic E-state index is 3.54. The summed E-state index contributed by atoms with van der Waals surface area (Å²) in [5.74, 6) is 0.748. The predicted octanol–water partition coefficient (Wildman–Crippen LogP) is 4.66. The number of nitrogens with zero attached hydrogens (tertiary/aromatic N) is 1. The van der Waals surface area contributed by atoms with Crippen LogP contribution < -0.4 is 0 Å². The minimum Gasteiger partial charge on any atom is -0.355 e. The number of aromatic nitrogens is 1. The summed E-state index contributed by atoms with van der Waals surface area (Å²) in [5, 5.41) is 2.75. The molecule has 5 rings (SSSR count). The smallest absolute Gasteiger partial charge is 0.0465 e. The molecule has 2 unspecified atom stereocenters. The lowest BCUT2D eigenvalue weighted by Gasteiger charge is -2.35. The summed E-state index contributed by atoms with van der Waals surface area (Å²) in [6, 6.07) is 16.6. The van der Waals surface area contributed by atoms with Crippen LogP contribution >= 0.6 is 0 Å². The molecule has 2 nitrogen and oxygen atoms in total. The third-order valence-electron chi connectivity index (χ3n) is 5.82. The molecule has 3 heterocycles. The van der Waals surface area contributed by atoms with Gasteiger partial charge in [0.15, 0.2) is 0 Å². The van der Waals surface area contributed by atoms with Gasteiger partial charge < -0.3 is 9.88 Å². The molecule has 0 spiro atoms. The average molecular weight is 290 g/mol. The van der Waals surface area contributed by atoms with Gasteiger partial charge in [0.05, 0.1) is 0 Å². The SMILES string of the molecule is c1ccc2c(c1)[nH]c1ccc(C3CCN4CCCC4C3)cc12. The molecule has 2 heteroatoms. The van der Waals surface area contributed by atoms with Crippen LogP contribution in [0.1, 0.15) is 37.2 Å². The van der Waals surface area contributed by atoms with Crippen molar-refractivity contribution in [3.05, 3.63) is 48.0 Å². The van der Waals surface area contributed by atoms with Crippen molar-refractivity contribution in [1.29, 1.82) is 0 Å². The standard InChI is InChI=1S/C20H22N2/c1-2-6-19-17(5-1)18-13-14(7-8-20(18)21-19)15-9-11-22-10-3-4-16(22)12-15/h1-2,5-8,13,15-16,21H,3-4,9-12H2. The first kappa shape index (κ1) is 12.7. The van der Waals surface area contributed by atoms with Crippen molar-refractivity contribution in [2.24, 2.45) is 0 Å². The molecule has 2 atom stereocenters. The highest BCUT2D eigenvalue weighted by Gasteiger charge is 2.32. The first-order valence-corrected chi connectivity index (χ1v) is 8.63. The van der Waals surface area contributed by atoms with E-state index >= 15 is 0 Å². The first-order chi connectivity index (χ1) is 10.9. The fourth-order valence-electron chi connectivity index (χ4n) is 4.65. The van der Waals surface area contributed by atoms with Gasteiger partial charge in [-0.25, -0.2) is 0 Å². The van der Waals surface area contributed by atoms with E-state index in [-0.39, 0.29) is 0 Å². The molecule has 2 fully saturated rings. The van der Waals surface area contributed by atoms with E-state index in [4.69, 9.17) is 0 Å². The van der Waals surface area contributed by atoms with Crippen LogP contribution in [0, 0.1) is 0 Å². The van der Waals surface area contributed by atoms with Crippen LogP contribution in [0.4, 0.5) is 0 Å². The second kappa shape index (κ2) is 4.85. The van der Waals surface area contributed by atoms with E-state index in [0.717, 1.165) is 12.0 Å². The molecule has 0 radical (unpaired) electrons. The first-order valence-electron chi connectivity index (χ1n) is 8.63. The molecule has 2 saturated heterocycles. The molecule has 22 heavy (non-hydrogen) atoms. The lowest BCUT2D eigenvalue weighted by atomic mass is 9.85. The fraction of sp³-hybridized carbons (Fsp3) is 0.400. The van der Waals surface area contributed by atoms with Gasteiger partial charge in [0, 0.05) is 27.8 Å². The van der Waals surface area contributed by atoms with Gasteiger partial charge in [0.1, 0.15) is 0 Å². The number of hydrogen-bond acceptors (Lipinski definition) is 1. The van der Waals surface area contributed by atoms with Gasteiger partial charge in [0.25, 0.3) is 0 Å². The number of aromatic amines is 1. The fourth-order valence-corrected chi connectivity index (χ4v) is 4.65. The summed E-state index contributed by atoms with van der Waals surface area (Å²) in [4.78, 5) is 6.25. The zero-order valence-electron chi connectivity index (χ0n) is 12.9. The van der Waals surface area contributed by atoms with E-state index in [2.05, 4.69) is 52.3 Å². The normalized spacial score (nSPS) is 25.8. The number of benzene rings is 2. The van der Waals surface area contributed by atoms with Crippen molar-refractivity contribution < 1.29 is 0 Å². The van der Waals surface area contributed by atoms with Gasteiger partial charge in [-0.2, -0.15) is 0 Å². The van der Waals surface area contributed by atoms with E-state index in [1.807, 2.05) is 0 Å². The predicted molar refractivity (Wildman–Crippen MR) is 92.4 cm³/mol. The lowest BCUT2D eigenvalue weighted by molar-refractivity contribution is 0.181. The molecule has 2 aromatic carbocycles. The molecule has 0 amide bonds. The van der Waals surface area contributed by atoms with Crippen LogP contribution in [0.15, 0.2) is 42.5 Å². The molecular formula is C20H22N2. The van der Waals surface area contributed by atoms with Crippen molar-refractivity contribution in [2.45, 2.75) is 37.6 Å². The quantitative estimate of drug-likeness (QED) is 0.690. The lowest BCUT2D eigenvalue weighted by Crippen LogP contribution is -2.37. The van der Waals surface area contributed by atoms with Gasteiger partial charge in [0.2, 0.25) is 0 Å². The number of fused-ring (bicyclic) bond motifs is 4. The van der Waals surface area contributed by atoms with Crippen LogP contribution in [-0.2, 0) is 0 Å². The molecule has 0 saturated carbocycles. The monoisotopic (exact) mass is 290 g/mol. The molecule has 1 N–H and O–H groups in total. The maximum absolute atomic E-state index is 3.54. The number of piperidine rings is 1. The second-order valence-corrected chi connectivity index (χ2v) is 7.03. The van der Waals surface area contributed by atoms with Gasteiger partial charge in [-0.05, 0) is 68.5 Å². The number of hydrogen-bond donors (Lipinski definition) is 1. The molecule has 2 aliphatic heterocycles. The van der Waals surface area contributed by atoms with Crippen molar-refractivity contribution >= 4 is 21.8 Å². The van der Waals surface area contributed by atoms with Gasteiger partial charge in [-0.3, -0.25) is 0 Å². The summed E-state index contributed by atoms with van der Waals surface area (Å²) in [6.45, 7) is 2.63. The zero-order valence-corrected chi connectivity index (χ0v) is 12.9. The summed E-state index contributed by atoms with van der Waals surface area (Å²) in [5.41, 5.74) is 4.06. The molecule has 112 valence electrons. The van der Waals surface area contributed by atoms with Crippen molar-refractivity contribution in [1.82, 2.24) is 9.88 Å². The third-order valence-corrected chi connectivity index (χ3v) is 5.82. The van der Waals surface area contributed by atoms with E-state index in [1.54, 1.807) is 5.56 Å². The summed E-state index contributed by atoms with van der Waals surface area (Å²) >= 11 is 0. The molecule has 1 aromatic heterocycles. The Kier molecular flexibility index (Phi) is 2.80. The Morgan fingerprint density at radius 1 is 0.909 bits per heavy atom. The largest absolute Gasteiger partial charge is 0.355 e. The highest BCUT2D eigenvalue weighted by atomic mass is 15.2. The molecule has 2 aliphatic rings. The Hall–Kier alpha value is -1.80. The summed E-state index contributed by atoms with van der Waals surface area (Å²) in [6.07, 6.45) is 5.49. The van der Waals surface area contributed by atoms with Gasteiger partial charge >= 0.3 is 0 Å². The number of rotatable bonds is 1. The van der Waals surface area contributed by atoms with E-state index < -0.39 is 0 Å². The number of para-hydroxylation sites is 1. The summed E-state index contributed by atoms with van der Waals surface area (Å²) < 4.78 is 0. The molecule has 0 bridgehead atoms. The van der Waals surface area contributed by atoms with Crippen molar-refractivity contribution in [3.63, 3.8) is 0 Å². The van der Waals surface area contributed by atoms with Crippen LogP contribution in [-0.4, -0.2) is 29.0 Å². The van der Waals surface area contributed by atoms with E-state index in [9.17, 15) is 0 Å². The van der Waals surface area contributed by atoms with Crippen LogP contribution in [0.25, 0.3) is 21.8 Å². The Labute approximate surface area is 131 Å². The Morgan fingerprint density at radius 2 is 1.82 bits per heavy atom. The topological polar surface area (TPSA) is 19.0 Å². The van der Waals surface area contributed by atoms with E-state index in [1.165, 1.54) is 60.6 Å². The van der Waals surface area contributed by atoms with Gasteiger partial charge in [-0.1, -0.05) is 24.3 Å². The zero-order chi connectivity index (χ0) is 14.5. The van der Waals surface area contributed by atoms with Crippen LogP contribution in [0.3, 0.4) is 0 Å². The third kappa shape index (κ3) is 1.90.